The summed E-state index contributed by atoms with van der Waals surface area (Å²) in [5.74, 6) is 0. The quantitative estimate of drug-likeness (QED) is 0.739. The third-order valence-electron chi connectivity index (χ3n) is 3.18. The van der Waals surface area contributed by atoms with Crippen molar-refractivity contribution in [1.82, 2.24) is 5.06 Å². The number of hydrogen-bond acceptors (Lipinski definition) is 1. The van der Waals surface area contributed by atoms with Crippen LogP contribution in [-0.2, 0) is 5.21 Å². The topological polar surface area (TPSA) is 23.1 Å². The largest absolute Gasteiger partial charge is 0.138 e. The molecule has 0 aliphatic heterocycles. The average molecular weight is 289 g/mol. The Kier molecular flexibility index (Phi) is 4.48. The Morgan fingerprint density at radius 3 is 2.10 bits per heavy atom. The molecule has 1 atom stereocenters. The van der Waals surface area contributed by atoms with Crippen LogP contribution < -0.4 is 0 Å². The highest BCUT2D eigenvalue weighted by Gasteiger charge is 2.31. The zero-order valence-electron chi connectivity index (χ0n) is 12.0. The van der Waals surface area contributed by atoms with Gasteiger partial charge in [-0.1, -0.05) is 54.1 Å². The van der Waals surface area contributed by atoms with Gasteiger partial charge in [0.05, 0.1) is 6.04 Å². The maximum absolute atomic E-state index is 12.8. The van der Waals surface area contributed by atoms with Crippen LogP contribution in [0.1, 0.15) is 37.9 Å². The minimum atomic E-state index is -0.483. The first-order chi connectivity index (χ1) is 9.39. The van der Waals surface area contributed by atoms with Crippen molar-refractivity contribution < 1.29 is 5.21 Å². The van der Waals surface area contributed by atoms with Crippen molar-refractivity contribution in [1.29, 1.82) is 0 Å². The van der Waals surface area contributed by atoms with Gasteiger partial charge < -0.3 is 0 Å². The van der Waals surface area contributed by atoms with E-state index in [1.165, 1.54) is 0 Å². The predicted octanol–water partition coefficient (Wildman–Crippen LogP) is 4.88. The van der Waals surface area contributed by atoms with Crippen LogP contribution in [-0.4, -0.2) is 10.6 Å². The summed E-state index contributed by atoms with van der Waals surface area (Å²) in [6, 6.07) is 16.9. The van der Waals surface area contributed by atoms with E-state index in [-0.39, 0.29) is 6.04 Å². The lowest BCUT2D eigenvalue weighted by Crippen LogP contribution is -2.40. The number of hydroxylamine groups is 2. The van der Waals surface area contributed by atoms with Gasteiger partial charge in [-0.2, -0.15) is 0 Å². The fourth-order valence-electron chi connectivity index (χ4n) is 2.16. The van der Waals surface area contributed by atoms with E-state index in [4.69, 9.17) is 11.6 Å². The van der Waals surface area contributed by atoms with Crippen LogP contribution in [0.4, 0.5) is 0 Å². The smallest absolute Gasteiger partial charge is 0.0889 e. The molecule has 1 radical (unpaired) electrons. The molecular formula is C17H19ClNO. The van der Waals surface area contributed by atoms with Gasteiger partial charge in [0.25, 0.3) is 0 Å². The summed E-state index contributed by atoms with van der Waals surface area (Å²) < 4.78 is 0. The second-order valence-electron chi connectivity index (χ2n) is 5.86. The maximum atomic E-state index is 12.8. The van der Waals surface area contributed by atoms with Gasteiger partial charge in [0.2, 0.25) is 0 Å². The Morgan fingerprint density at radius 2 is 1.55 bits per heavy atom. The lowest BCUT2D eigenvalue weighted by Gasteiger charge is -2.34. The fraction of sp³-hybridized carbons (Fsp3) is 0.294. The van der Waals surface area contributed by atoms with E-state index in [0.717, 1.165) is 16.2 Å². The zero-order valence-corrected chi connectivity index (χ0v) is 12.8. The van der Waals surface area contributed by atoms with E-state index in [2.05, 4.69) is 0 Å². The molecule has 2 aromatic rings. The van der Waals surface area contributed by atoms with Gasteiger partial charge in [0, 0.05) is 10.6 Å². The van der Waals surface area contributed by atoms with Crippen molar-refractivity contribution in [3.63, 3.8) is 0 Å². The third-order valence-corrected chi connectivity index (χ3v) is 3.41. The molecule has 0 spiro atoms. The first kappa shape index (κ1) is 15.0. The van der Waals surface area contributed by atoms with Crippen molar-refractivity contribution in [2.45, 2.75) is 32.4 Å². The van der Waals surface area contributed by atoms with Crippen LogP contribution in [0.3, 0.4) is 0 Å². The van der Waals surface area contributed by atoms with Gasteiger partial charge in [-0.25, -0.2) is 0 Å². The summed E-state index contributed by atoms with van der Waals surface area (Å²) in [5.41, 5.74) is 1.40. The Morgan fingerprint density at radius 1 is 0.950 bits per heavy atom. The van der Waals surface area contributed by atoms with Gasteiger partial charge in [-0.15, -0.1) is 10.3 Å². The highest BCUT2D eigenvalue weighted by Crippen LogP contribution is 2.33. The van der Waals surface area contributed by atoms with Crippen molar-refractivity contribution in [3.05, 3.63) is 70.7 Å². The Hall–Kier alpha value is -1.35. The van der Waals surface area contributed by atoms with Gasteiger partial charge in [-0.05, 0) is 44.0 Å². The number of nitrogens with zero attached hydrogens (tertiary/aromatic N) is 1. The molecule has 3 heteroatoms. The summed E-state index contributed by atoms with van der Waals surface area (Å²) >= 11 is 6.07. The molecule has 0 aliphatic carbocycles. The van der Waals surface area contributed by atoms with Crippen molar-refractivity contribution in [3.8, 4) is 0 Å². The van der Waals surface area contributed by atoms with Crippen molar-refractivity contribution in [2.75, 3.05) is 0 Å². The van der Waals surface area contributed by atoms with E-state index in [1.54, 1.807) is 0 Å². The second-order valence-corrected chi connectivity index (χ2v) is 6.30. The SMILES string of the molecule is CC(C)(C)N([O])C(c1ccccc1)c1cccc(Cl)c1. The summed E-state index contributed by atoms with van der Waals surface area (Å²) in [6.07, 6.45) is 0. The van der Waals surface area contributed by atoms with Crippen LogP contribution in [0.2, 0.25) is 5.02 Å². The standard InChI is InChI=1S/C17H19ClNO/c1-17(2,3)19(20)16(13-8-5-4-6-9-13)14-10-7-11-15(18)12-14/h4-12,16H,1-3H3. The highest BCUT2D eigenvalue weighted by atomic mass is 35.5. The monoisotopic (exact) mass is 288 g/mol. The Bertz CT molecular complexity index is 563. The van der Waals surface area contributed by atoms with Crippen molar-refractivity contribution in [2.24, 2.45) is 0 Å². The molecule has 20 heavy (non-hydrogen) atoms. The van der Waals surface area contributed by atoms with Gasteiger partial charge in [0.1, 0.15) is 0 Å². The van der Waals surface area contributed by atoms with Gasteiger partial charge in [0.15, 0.2) is 0 Å². The minimum Gasteiger partial charge on any atom is -0.138 e. The van der Waals surface area contributed by atoms with Crippen molar-refractivity contribution >= 4 is 11.6 Å². The first-order valence-electron chi connectivity index (χ1n) is 6.66. The predicted molar refractivity (Wildman–Crippen MR) is 82.0 cm³/mol. The van der Waals surface area contributed by atoms with Gasteiger partial charge >= 0.3 is 0 Å². The van der Waals surface area contributed by atoms with Crippen LogP contribution in [0.5, 0.6) is 0 Å². The van der Waals surface area contributed by atoms with E-state index < -0.39 is 5.54 Å². The molecular weight excluding hydrogens is 270 g/mol. The first-order valence-corrected chi connectivity index (χ1v) is 7.04. The number of hydrogen-bond donors (Lipinski definition) is 0. The fourth-order valence-corrected chi connectivity index (χ4v) is 2.36. The van der Waals surface area contributed by atoms with E-state index >= 15 is 0 Å². The van der Waals surface area contributed by atoms with Crippen LogP contribution >= 0.6 is 11.6 Å². The lowest BCUT2D eigenvalue weighted by molar-refractivity contribution is -0.233. The van der Waals surface area contributed by atoms with E-state index in [9.17, 15) is 5.21 Å². The average Bonchev–Trinajstić information content (AvgIpc) is 2.39. The Balaban J connectivity index is 2.50. The molecule has 0 saturated heterocycles. The summed E-state index contributed by atoms with van der Waals surface area (Å²) in [5, 5.41) is 14.5. The third kappa shape index (κ3) is 3.40. The molecule has 0 fully saturated rings. The number of rotatable bonds is 3. The normalized spacial score (nSPS) is 13.5. The highest BCUT2D eigenvalue weighted by molar-refractivity contribution is 6.30. The molecule has 1 unspecified atom stereocenters. The number of benzene rings is 2. The molecule has 0 bridgehead atoms. The zero-order chi connectivity index (χ0) is 14.8. The molecule has 2 nitrogen and oxygen atoms in total. The van der Waals surface area contributed by atoms with E-state index in [0.29, 0.717) is 5.02 Å². The summed E-state index contributed by atoms with van der Waals surface area (Å²) in [6.45, 7) is 5.75. The van der Waals surface area contributed by atoms with Crippen LogP contribution in [0.15, 0.2) is 54.6 Å². The molecule has 0 heterocycles. The molecule has 0 saturated carbocycles. The van der Waals surface area contributed by atoms with Crippen LogP contribution in [0, 0.1) is 0 Å². The minimum absolute atomic E-state index is 0.352. The molecule has 0 aliphatic rings. The summed E-state index contributed by atoms with van der Waals surface area (Å²) in [4.78, 5) is 0. The Labute approximate surface area is 125 Å². The second kappa shape index (κ2) is 5.96. The number of halogens is 1. The lowest BCUT2D eigenvalue weighted by atomic mass is 9.95. The molecule has 2 aromatic carbocycles. The van der Waals surface area contributed by atoms with Gasteiger partial charge in [-0.3, -0.25) is 0 Å². The molecule has 0 aromatic heterocycles. The molecule has 2 rings (SSSR count). The van der Waals surface area contributed by atoms with Crippen LogP contribution in [0.25, 0.3) is 0 Å². The molecule has 105 valence electrons. The maximum Gasteiger partial charge on any atom is 0.0889 e. The summed E-state index contributed by atoms with van der Waals surface area (Å²) in [7, 11) is 0. The van der Waals surface area contributed by atoms with E-state index in [1.807, 2.05) is 75.4 Å². The molecule has 0 N–H and O–H groups in total. The molecule has 0 amide bonds.